The lowest BCUT2D eigenvalue weighted by Crippen LogP contribution is -2.33. The number of likely N-dealkylation sites (tertiary alicyclic amines) is 1. The summed E-state index contributed by atoms with van der Waals surface area (Å²) in [5, 5.41) is 3.98. The zero-order valence-corrected chi connectivity index (χ0v) is 18.0. The number of sulfone groups is 1. The van der Waals surface area contributed by atoms with Crippen LogP contribution in [-0.2, 0) is 9.84 Å². The summed E-state index contributed by atoms with van der Waals surface area (Å²) in [4.78, 5) is 23.9. The minimum absolute atomic E-state index is 0.0298. The number of hydrogen-bond donors (Lipinski definition) is 1. The van der Waals surface area contributed by atoms with E-state index in [9.17, 15) is 13.2 Å². The van der Waals surface area contributed by atoms with Crippen molar-refractivity contribution in [2.75, 3.05) is 18.1 Å². The number of hydrogen-bond acceptors (Lipinski definition) is 6. The van der Waals surface area contributed by atoms with E-state index in [1.165, 1.54) is 6.26 Å². The predicted octanol–water partition coefficient (Wildman–Crippen LogP) is 3.71. The molecule has 1 saturated heterocycles. The molecule has 1 amide bonds. The molecule has 0 saturated carbocycles. The van der Waals surface area contributed by atoms with Crippen LogP contribution in [0, 0.1) is 6.92 Å². The molecule has 7 nitrogen and oxygen atoms in total. The molecule has 1 atom stereocenters. The number of rotatable bonds is 4. The van der Waals surface area contributed by atoms with Gasteiger partial charge in [0.1, 0.15) is 0 Å². The first-order chi connectivity index (χ1) is 14.2. The van der Waals surface area contributed by atoms with E-state index in [4.69, 9.17) is 0 Å². The molecule has 2 heterocycles. The number of carbonyl (C=O) groups excluding carboxylic acids is 1. The highest BCUT2D eigenvalue weighted by Crippen LogP contribution is 2.24. The van der Waals surface area contributed by atoms with E-state index < -0.39 is 9.84 Å². The Bertz CT molecular complexity index is 1240. The molecule has 8 heteroatoms. The fourth-order valence-corrected chi connectivity index (χ4v) is 4.45. The van der Waals surface area contributed by atoms with Gasteiger partial charge in [0.15, 0.2) is 9.84 Å². The molecule has 156 valence electrons. The van der Waals surface area contributed by atoms with Crippen molar-refractivity contribution < 1.29 is 13.2 Å². The van der Waals surface area contributed by atoms with Gasteiger partial charge < -0.3 is 10.2 Å². The number of anilines is 2. The predicted molar refractivity (Wildman–Crippen MR) is 117 cm³/mol. The third kappa shape index (κ3) is 4.00. The van der Waals surface area contributed by atoms with Crippen molar-refractivity contribution in [3.05, 3.63) is 53.7 Å². The number of aryl methyl sites for hydroxylation is 1. The van der Waals surface area contributed by atoms with Crippen molar-refractivity contribution in [3.63, 3.8) is 0 Å². The van der Waals surface area contributed by atoms with Crippen LogP contribution in [0.4, 0.5) is 11.6 Å². The lowest BCUT2D eigenvalue weighted by Gasteiger charge is -2.21. The number of carbonyl (C=O) groups is 1. The number of aromatic nitrogens is 2. The van der Waals surface area contributed by atoms with Gasteiger partial charge >= 0.3 is 0 Å². The fourth-order valence-electron chi connectivity index (χ4n) is 3.74. The van der Waals surface area contributed by atoms with Crippen molar-refractivity contribution in [1.82, 2.24) is 14.9 Å². The number of benzene rings is 2. The van der Waals surface area contributed by atoms with Gasteiger partial charge in [0.2, 0.25) is 5.95 Å². The summed E-state index contributed by atoms with van der Waals surface area (Å²) in [5.41, 5.74) is 2.79. The van der Waals surface area contributed by atoms with E-state index >= 15 is 0 Å². The summed E-state index contributed by atoms with van der Waals surface area (Å²) in [7, 11) is -3.26. The van der Waals surface area contributed by atoms with E-state index in [1.54, 1.807) is 30.5 Å². The molecule has 1 aromatic heterocycles. The first kappa shape index (κ1) is 20.3. The second kappa shape index (κ2) is 7.68. The Morgan fingerprint density at radius 1 is 1.20 bits per heavy atom. The van der Waals surface area contributed by atoms with Gasteiger partial charge in [-0.3, -0.25) is 4.79 Å². The zero-order valence-electron chi connectivity index (χ0n) is 17.2. The Hall–Kier alpha value is -3.00. The van der Waals surface area contributed by atoms with Crippen LogP contribution < -0.4 is 5.32 Å². The van der Waals surface area contributed by atoms with Gasteiger partial charge in [-0.2, -0.15) is 0 Å². The third-order valence-corrected chi connectivity index (χ3v) is 6.63. The largest absolute Gasteiger partial charge is 0.336 e. The molecule has 0 radical (unpaired) electrons. The van der Waals surface area contributed by atoms with Gasteiger partial charge in [-0.25, -0.2) is 18.4 Å². The lowest BCUT2D eigenvalue weighted by molar-refractivity contribution is 0.0747. The van der Waals surface area contributed by atoms with Crippen molar-refractivity contribution in [3.8, 4) is 0 Å². The smallest absolute Gasteiger partial charge is 0.254 e. The lowest BCUT2D eigenvalue weighted by atomic mass is 10.1. The van der Waals surface area contributed by atoms with Crippen LogP contribution in [0.25, 0.3) is 10.9 Å². The number of nitrogens with zero attached hydrogens (tertiary/aromatic N) is 3. The van der Waals surface area contributed by atoms with Gasteiger partial charge in [-0.05, 0) is 62.6 Å². The van der Waals surface area contributed by atoms with Crippen LogP contribution in [0.15, 0.2) is 47.5 Å². The highest BCUT2D eigenvalue weighted by molar-refractivity contribution is 7.90. The van der Waals surface area contributed by atoms with Crippen LogP contribution in [0.5, 0.6) is 0 Å². The molecule has 0 spiro atoms. The average Bonchev–Trinajstić information content (AvgIpc) is 3.13. The van der Waals surface area contributed by atoms with Crippen LogP contribution in [0.2, 0.25) is 0 Å². The van der Waals surface area contributed by atoms with Crippen LogP contribution >= 0.6 is 0 Å². The van der Waals surface area contributed by atoms with Crippen LogP contribution in [0.3, 0.4) is 0 Å². The average molecular weight is 425 g/mol. The topological polar surface area (TPSA) is 92.3 Å². The zero-order chi connectivity index (χ0) is 21.5. The standard InChI is InChI=1S/C22H24N4O3S/c1-14-11-18(30(3,28)29)8-9-19(14)24-22-23-13-17-7-6-16(12-20(17)25-22)21(27)26-10-4-5-15(26)2/h6-9,11-13,15H,4-5,10H2,1-3H3,(H,23,24,25)/t15-/m0/s1. The molecule has 1 N–H and O–H groups in total. The molecule has 0 unspecified atom stereocenters. The SMILES string of the molecule is Cc1cc(S(C)(=O)=O)ccc1Nc1ncc2ccc(C(=O)N3CCC[C@@H]3C)cc2n1. The second-order valence-electron chi connectivity index (χ2n) is 7.83. The number of amides is 1. The molecule has 0 aliphatic carbocycles. The van der Waals surface area contributed by atoms with Gasteiger partial charge in [0.25, 0.3) is 5.91 Å². The Balaban J connectivity index is 1.62. The van der Waals surface area contributed by atoms with E-state index in [1.807, 2.05) is 24.0 Å². The Morgan fingerprint density at radius 3 is 2.67 bits per heavy atom. The quantitative estimate of drug-likeness (QED) is 0.686. The van der Waals surface area contributed by atoms with Crippen molar-refractivity contribution in [2.24, 2.45) is 0 Å². The summed E-state index contributed by atoms with van der Waals surface area (Å²) in [5.74, 6) is 0.416. The first-order valence-electron chi connectivity index (χ1n) is 9.88. The summed E-state index contributed by atoms with van der Waals surface area (Å²) in [6.45, 7) is 4.69. The highest BCUT2D eigenvalue weighted by atomic mass is 32.2. The molecular formula is C22H24N4O3S. The third-order valence-electron chi connectivity index (χ3n) is 5.52. The van der Waals surface area contributed by atoms with E-state index in [-0.39, 0.29) is 16.8 Å². The summed E-state index contributed by atoms with van der Waals surface area (Å²) < 4.78 is 23.5. The van der Waals surface area contributed by atoms with Crippen molar-refractivity contribution in [1.29, 1.82) is 0 Å². The maximum Gasteiger partial charge on any atom is 0.254 e. The number of fused-ring (bicyclic) bond motifs is 1. The summed E-state index contributed by atoms with van der Waals surface area (Å²) in [6.07, 6.45) is 4.96. The Kier molecular flexibility index (Phi) is 5.19. The molecule has 1 fully saturated rings. The monoisotopic (exact) mass is 424 g/mol. The van der Waals surface area contributed by atoms with Crippen LogP contribution in [-0.4, -0.2) is 48.0 Å². The van der Waals surface area contributed by atoms with E-state index in [0.29, 0.717) is 17.0 Å². The van der Waals surface area contributed by atoms with E-state index in [0.717, 1.165) is 36.0 Å². The molecular weight excluding hydrogens is 400 g/mol. The highest BCUT2D eigenvalue weighted by Gasteiger charge is 2.26. The first-order valence-corrected chi connectivity index (χ1v) is 11.8. The van der Waals surface area contributed by atoms with Crippen molar-refractivity contribution >= 4 is 38.3 Å². The summed E-state index contributed by atoms with van der Waals surface area (Å²) >= 11 is 0. The van der Waals surface area contributed by atoms with E-state index in [2.05, 4.69) is 22.2 Å². The Morgan fingerprint density at radius 2 is 2.00 bits per heavy atom. The molecule has 30 heavy (non-hydrogen) atoms. The molecule has 2 aromatic carbocycles. The minimum atomic E-state index is -3.26. The maximum absolute atomic E-state index is 12.9. The van der Waals surface area contributed by atoms with Gasteiger partial charge in [-0.15, -0.1) is 0 Å². The number of nitrogens with one attached hydrogen (secondary N) is 1. The molecule has 3 aromatic rings. The maximum atomic E-state index is 12.9. The normalized spacial score (nSPS) is 16.8. The molecule has 1 aliphatic heterocycles. The minimum Gasteiger partial charge on any atom is -0.336 e. The van der Waals surface area contributed by atoms with Crippen molar-refractivity contribution in [2.45, 2.75) is 37.6 Å². The second-order valence-corrected chi connectivity index (χ2v) is 9.85. The van der Waals surface area contributed by atoms with Gasteiger partial charge in [0.05, 0.1) is 10.4 Å². The van der Waals surface area contributed by atoms with Crippen LogP contribution in [0.1, 0.15) is 35.7 Å². The molecule has 0 bridgehead atoms. The van der Waals surface area contributed by atoms with Gasteiger partial charge in [0, 0.05) is 41.7 Å². The Labute approximate surface area is 176 Å². The molecule has 1 aliphatic rings. The fraction of sp³-hybridized carbons (Fsp3) is 0.318. The molecule has 4 rings (SSSR count). The van der Waals surface area contributed by atoms with Gasteiger partial charge in [-0.1, -0.05) is 6.07 Å². The summed E-state index contributed by atoms with van der Waals surface area (Å²) in [6, 6.07) is 10.6.